The highest BCUT2D eigenvalue weighted by Gasteiger charge is 1.95. The zero-order chi connectivity index (χ0) is 11.4. The number of hydrogen-bond acceptors (Lipinski definition) is 1. The largest absolute Gasteiger partial charge is 0.634 e. The van der Waals surface area contributed by atoms with Crippen molar-refractivity contribution in [1.82, 2.24) is 0 Å². The summed E-state index contributed by atoms with van der Waals surface area (Å²) in [5.41, 5.74) is 0. The van der Waals surface area contributed by atoms with Gasteiger partial charge in [0.1, 0.15) is 0 Å². The second-order valence-corrected chi connectivity index (χ2v) is 4.26. The molecule has 0 fully saturated rings. The first kappa shape index (κ1) is 14.7. The van der Waals surface area contributed by atoms with Gasteiger partial charge >= 0.3 is 0 Å². The maximum Gasteiger partial charge on any atom is 0.0952 e. The monoisotopic (exact) mass is 213 g/mol. The predicted molar refractivity (Wildman–Crippen MR) is 66.9 cm³/mol. The summed E-state index contributed by atoms with van der Waals surface area (Å²) in [5.74, 6) is 0. The van der Waals surface area contributed by atoms with E-state index in [0.29, 0.717) is 11.6 Å². The first-order valence-electron chi connectivity index (χ1n) is 6.43. The van der Waals surface area contributed by atoms with Crippen molar-refractivity contribution in [1.29, 1.82) is 0 Å². The van der Waals surface area contributed by atoms with Gasteiger partial charge in [-0.25, -0.2) is 0 Å². The summed E-state index contributed by atoms with van der Waals surface area (Å²) in [7, 11) is 0. The summed E-state index contributed by atoms with van der Waals surface area (Å²) in [6.07, 6.45) is 12.1. The van der Waals surface area contributed by atoms with Crippen molar-refractivity contribution in [3.8, 4) is 0 Å². The standard InChI is InChI=1S/C13H27NO/c1-3-5-6-7-8-9-10-11-13-14(15)12-4-2/h4,14H,2-3,5-13H2,1H3. The second kappa shape index (κ2) is 11.7. The molecule has 0 aromatic heterocycles. The molecule has 0 saturated carbocycles. The quantitative estimate of drug-likeness (QED) is 0.319. The van der Waals surface area contributed by atoms with E-state index in [-0.39, 0.29) is 0 Å². The number of unbranched alkanes of at least 4 members (excludes halogenated alkanes) is 7. The lowest BCUT2D eigenvalue weighted by Crippen LogP contribution is -3.06. The van der Waals surface area contributed by atoms with Crippen LogP contribution in [0.15, 0.2) is 12.7 Å². The average Bonchev–Trinajstić information content (AvgIpc) is 2.22. The van der Waals surface area contributed by atoms with Crippen molar-refractivity contribution >= 4 is 0 Å². The van der Waals surface area contributed by atoms with Crippen molar-refractivity contribution in [3.63, 3.8) is 0 Å². The third-order valence-corrected chi connectivity index (χ3v) is 2.68. The minimum Gasteiger partial charge on any atom is -0.634 e. The first-order valence-corrected chi connectivity index (χ1v) is 6.43. The Morgan fingerprint density at radius 1 is 1.00 bits per heavy atom. The summed E-state index contributed by atoms with van der Waals surface area (Å²) in [6, 6.07) is 0. The molecule has 0 amide bonds. The average molecular weight is 213 g/mol. The van der Waals surface area contributed by atoms with E-state index in [2.05, 4.69) is 13.5 Å². The van der Waals surface area contributed by atoms with E-state index < -0.39 is 0 Å². The molecule has 0 radical (unpaired) electrons. The summed E-state index contributed by atoms with van der Waals surface area (Å²) >= 11 is 0. The lowest BCUT2D eigenvalue weighted by atomic mass is 10.1. The molecule has 1 N–H and O–H groups in total. The van der Waals surface area contributed by atoms with Crippen LogP contribution in [-0.2, 0) is 0 Å². The minimum absolute atomic E-state index is 0.344. The summed E-state index contributed by atoms with van der Waals surface area (Å²) in [4.78, 5) is 0. The third kappa shape index (κ3) is 11.6. The Kier molecular flexibility index (Phi) is 11.5. The van der Waals surface area contributed by atoms with Gasteiger partial charge in [-0.15, -0.1) is 0 Å². The van der Waals surface area contributed by atoms with Crippen LogP contribution in [0.25, 0.3) is 0 Å². The third-order valence-electron chi connectivity index (χ3n) is 2.68. The molecular formula is C13H27NO. The van der Waals surface area contributed by atoms with E-state index in [1.165, 1.54) is 44.9 Å². The van der Waals surface area contributed by atoms with Gasteiger partial charge in [-0.1, -0.05) is 52.0 Å². The van der Waals surface area contributed by atoms with Crippen LogP contribution in [0.1, 0.15) is 58.3 Å². The summed E-state index contributed by atoms with van der Waals surface area (Å²) in [5, 5.41) is 11.5. The van der Waals surface area contributed by atoms with Gasteiger partial charge in [0.2, 0.25) is 0 Å². The summed E-state index contributed by atoms with van der Waals surface area (Å²) < 4.78 is 0. The number of quaternary nitrogens is 1. The molecule has 0 aliphatic heterocycles. The molecular weight excluding hydrogens is 186 g/mol. The predicted octanol–water partition coefficient (Wildman–Crippen LogP) is 2.70. The van der Waals surface area contributed by atoms with Crippen molar-refractivity contribution in [2.75, 3.05) is 13.1 Å². The fourth-order valence-electron chi connectivity index (χ4n) is 1.72. The molecule has 0 aliphatic rings. The molecule has 15 heavy (non-hydrogen) atoms. The van der Waals surface area contributed by atoms with E-state index in [0.717, 1.165) is 13.0 Å². The van der Waals surface area contributed by atoms with E-state index in [4.69, 9.17) is 0 Å². The van der Waals surface area contributed by atoms with E-state index >= 15 is 0 Å². The fraction of sp³-hybridized carbons (Fsp3) is 0.846. The Bertz CT molecular complexity index is 136. The molecule has 0 saturated heterocycles. The zero-order valence-electron chi connectivity index (χ0n) is 10.3. The van der Waals surface area contributed by atoms with Crippen LogP contribution in [0.5, 0.6) is 0 Å². The van der Waals surface area contributed by atoms with E-state index in [1.54, 1.807) is 6.08 Å². The Balaban J connectivity index is 3.01. The van der Waals surface area contributed by atoms with Crippen LogP contribution in [0.3, 0.4) is 0 Å². The molecule has 0 heterocycles. The molecule has 0 aliphatic carbocycles. The van der Waals surface area contributed by atoms with Crippen LogP contribution in [0.4, 0.5) is 0 Å². The first-order chi connectivity index (χ1) is 7.31. The number of hydrogen-bond donors (Lipinski definition) is 1. The molecule has 0 aromatic rings. The van der Waals surface area contributed by atoms with Crippen LogP contribution in [0.2, 0.25) is 0 Å². The van der Waals surface area contributed by atoms with Gasteiger partial charge in [-0.2, -0.15) is 0 Å². The fourth-order valence-corrected chi connectivity index (χ4v) is 1.72. The van der Waals surface area contributed by atoms with E-state index in [9.17, 15) is 5.21 Å². The maximum absolute atomic E-state index is 11.1. The Morgan fingerprint density at radius 2 is 1.53 bits per heavy atom. The van der Waals surface area contributed by atoms with Gasteiger partial charge in [0.15, 0.2) is 0 Å². The topological polar surface area (TPSA) is 27.5 Å². The highest BCUT2D eigenvalue weighted by molar-refractivity contribution is 4.62. The van der Waals surface area contributed by atoms with Crippen molar-refractivity contribution in [2.45, 2.75) is 58.3 Å². The van der Waals surface area contributed by atoms with Crippen molar-refractivity contribution < 1.29 is 5.06 Å². The molecule has 0 rings (SSSR count). The van der Waals surface area contributed by atoms with Gasteiger partial charge in [0.05, 0.1) is 13.1 Å². The molecule has 1 atom stereocenters. The van der Waals surface area contributed by atoms with Crippen LogP contribution in [0, 0.1) is 5.21 Å². The van der Waals surface area contributed by atoms with Gasteiger partial charge in [0.25, 0.3) is 0 Å². The Morgan fingerprint density at radius 3 is 2.07 bits per heavy atom. The molecule has 90 valence electrons. The molecule has 2 heteroatoms. The minimum atomic E-state index is 0.344. The molecule has 2 nitrogen and oxygen atoms in total. The second-order valence-electron chi connectivity index (χ2n) is 4.26. The van der Waals surface area contributed by atoms with Gasteiger partial charge < -0.3 is 10.3 Å². The number of nitrogens with one attached hydrogen (secondary N) is 1. The normalized spacial score (nSPS) is 12.7. The Hall–Kier alpha value is -0.340. The lowest BCUT2D eigenvalue weighted by Gasteiger charge is -2.20. The van der Waals surface area contributed by atoms with Crippen molar-refractivity contribution in [3.05, 3.63) is 17.9 Å². The molecule has 0 spiro atoms. The number of hydroxylamine groups is 2. The number of rotatable bonds is 11. The summed E-state index contributed by atoms with van der Waals surface area (Å²) in [6.45, 7) is 7.11. The molecule has 0 bridgehead atoms. The van der Waals surface area contributed by atoms with Crippen LogP contribution < -0.4 is 5.06 Å². The van der Waals surface area contributed by atoms with Gasteiger partial charge in [0, 0.05) is 0 Å². The van der Waals surface area contributed by atoms with Crippen LogP contribution in [-0.4, -0.2) is 13.1 Å². The lowest BCUT2D eigenvalue weighted by molar-refractivity contribution is -0.841. The highest BCUT2D eigenvalue weighted by atomic mass is 16.5. The van der Waals surface area contributed by atoms with Crippen LogP contribution >= 0.6 is 0 Å². The van der Waals surface area contributed by atoms with E-state index in [1.807, 2.05) is 0 Å². The van der Waals surface area contributed by atoms with Gasteiger partial charge in [-0.3, -0.25) is 0 Å². The molecule has 1 unspecified atom stereocenters. The Labute approximate surface area is 94.9 Å². The smallest absolute Gasteiger partial charge is 0.0952 e. The zero-order valence-corrected chi connectivity index (χ0v) is 10.3. The SMILES string of the molecule is C=CC[NH+]([O-])CCCCCCCCCC. The van der Waals surface area contributed by atoms with Crippen molar-refractivity contribution in [2.24, 2.45) is 0 Å². The van der Waals surface area contributed by atoms with Gasteiger partial charge in [-0.05, 0) is 18.9 Å². The molecule has 0 aromatic carbocycles. The highest BCUT2D eigenvalue weighted by Crippen LogP contribution is 2.07. The maximum atomic E-state index is 11.1.